The smallest absolute Gasteiger partial charge is 0.211 e. The third-order valence-electron chi connectivity index (χ3n) is 1.69. The maximum absolute atomic E-state index is 9.65. The summed E-state index contributed by atoms with van der Waals surface area (Å²) in [6.07, 6.45) is 9.00. The van der Waals surface area contributed by atoms with E-state index >= 15 is 0 Å². The Labute approximate surface area is 97.1 Å². The molecule has 0 heterocycles. The molecule has 0 aromatic heterocycles. The number of unbranched alkanes of at least 4 members (excludes halogenated alkanes) is 5. The fourth-order valence-corrected chi connectivity index (χ4v) is 1.02. The third kappa shape index (κ3) is 13.0. The standard InChI is InChI=1S/C9H17NO.Na/c1-2-3-4-5-6-7-8-10-9-11;/h2-8H2,1H3;. The molecule has 0 spiro atoms. The molecular weight excluding hydrogens is 161 g/mol. The predicted molar refractivity (Wildman–Crippen MR) is 52.1 cm³/mol. The molecule has 0 rings (SSSR count). The van der Waals surface area contributed by atoms with Crippen molar-refractivity contribution in [3.05, 3.63) is 0 Å². The molecule has 0 bridgehead atoms. The van der Waals surface area contributed by atoms with Crippen molar-refractivity contribution in [1.29, 1.82) is 0 Å². The quantitative estimate of drug-likeness (QED) is 0.254. The van der Waals surface area contributed by atoms with Gasteiger partial charge in [0.2, 0.25) is 6.08 Å². The molecule has 65 valence electrons. The summed E-state index contributed by atoms with van der Waals surface area (Å²) in [6.45, 7) is 2.87. The Morgan fingerprint density at radius 3 is 2.25 bits per heavy atom. The van der Waals surface area contributed by atoms with E-state index in [9.17, 15) is 4.79 Å². The zero-order valence-electron chi connectivity index (χ0n) is 8.31. The molecule has 0 N–H and O–H groups in total. The van der Waals surface area contributed by atoms with Crippen molar-refractivity contribution >= 4 is 35.6 Å². The van der Waals surface area contributed by atoms with Gasteiger partial charge in [0.05, 0.1) is 6.54 Å². The zero-order chi connectivity index (χ0) is 8.36. The number of nitrogens with zero attached hydrogens (tertiary/aromatic N) is 1. The minimum absolute atomic E-state index is 0. The normalized spacial score (nSPS) is 8.42. The van der Waals surface area contributed by atoms with E-state index in [4.69, 9.17) is 0 Å². The fraction of sp³-hybridized carbons (Fsp3) is 0.889. The summed E-state index contributed by atoms with van der Waals surface area (Å²) in [6, 6.07) is 0. The largest absolute Gasteiger partial charge is 0.234 e. The molecule has 2 nitrogen and oxygen atoms in total. The Morgan fingerprint density at radius 1 is 1.08 bits per heavy atom. The first kappa shape index (κ1) is 14.9. The van der Waals surface area contributed by atoms with Crippen molar-refractivity contribution in [3.8, 4) is 0 Å². The molecule has 0 aliphatic carbocycles. The van der Waals surface area contributed by atoms with Gasteiger partial charge >= 0.3 is 0 Å². The van der Waals surface area contributed by atoms with E-state index in [1.54, 1.807) is 6.08 Å². The summed E-state index contributed by atoms with van der Waals surface area (Å²) in [7, 11) is 0. The molecule has 3 heteroatoms. The van der Waals surface area contributed by atoms with Crippen LogP contribution in [-0.4, -0.2) is 42.2 Å². The number of aliphatic imine (C=N–C) groups is 1. The van der Waals surface area contributed by atoms with E-state index in [0.717, 1.165) is 6.42 Å². The van der Waals surface area contributed by atoms with Gasteiger partial charge in [-0.1, -0.05) is 39.0 Å². The first-order valence-electron chi connectivity index (χ1n) is 4.45. The van der Waals surface area contributed by atoms with Crippen LogP contribution in [0.2, 0.25) is 0 Å². The van der Waals surface area contributed by atoms with Gasteiger partial charge in [-0.15, -0.1) is 0 Å². The summed E-state index contributed by atoms with van der Waals surface area (Å²) >= 11 is 0. The molecule has 0 atom stereocenters. The predicted octanol–water partition coefficient (Wildman–Crippen LogP) is 2.30. The maximum atomic E-state index is 9.65. The first-order chi connectivity index (χ1) is 5.41. The van der Waals surface area contributed by atoms with E-state index in [-0.39, 0.29) is 29.6 Å². The summed E-state index contributed by atoms with van der Waals surface area (Å²) in [4.78, 5) is 13.1. The van der Waals surface area contributed by atoms with E-state index in [2.05, 4.69) is 11.9 Å². The molecule has 0 aromatic rings. The number of hydrogen-bond donors (Lipinski definition) is 0. The van der Waals surface area contributed by atoms with E-state index in [0.29, 0.717) is 6.54 Å². The Kier molecular flexibility index (Phi) is 17.3. The molecule has 0 aliphatic rings. The van der Waals surface area contributed by atoms with Gasteiger partial charge in [0, 0.05) is 29.6 Å². The molecule has 0 aromatic carbocycles. The van der Waals surface area contributed by atoms with E-state index in [1.807, 2.05) is 0 Å². The molecule has 0 aliphatic heterocycles. The van der Waals surface area contributed by atoms with E-state index in [1.165, 1.54) is 32.1 Å². The van der Waals surface area contributed by atoms with E-state index < -0.39 is 0 Å². The third-order valence-corrected chi connectivity index (χ3v) is 1.69. The van der Waals surface area contributed by atoms with Crippen LogP contribution in [0.5, 0.6) is 0 Å². The Bertz CT molecular complexity index is 122. The minimum Gasteiger partial charge on any atom is -0.211 e. The SMILES string of the molecule is CCCCCCCCN=C=O.[Na]. The van der Waals surface area contributed by atoms with Crippen LogP contribution in [0.4, 0.5) is 0 Å². The van der Waals surface area contributed by atoms with Gasteiger partial charge in [-0.2, -0.15) is 0 Å². The minimum atomic E-state index is 0. The van der Waals surface area contributed by atoms with Crippen LogP contribution in [0.1, 0.15) is 45.4 Å². The van der Waals surface area contributed by atoms with Gasteiger partial charge < -0.3 is 0 Å². The van der Waals surface area contributed by atoms with Crippen LogP contribution >= 0.6 is 0 Å². The monoisotopic (exact) mass is 178 g/mol. The van der Waals surface area contributed by atoms with Crippen molar-refractivity contribution in [2.24, 2.45) is 4.99 Å². The molecule has 12 heavy (non-hydrogen) atoms. The molecule has 0 saturated heterocycles. The zero-order valence-corrected chi connectivity index (χ0v) is 10.3. The van der Waals surface area contributed by atoms with Crippen LogP contribution in [-0.2, 0) is 4.79 Å². The van der Waals surface area contributed by atoms with Crippen molar-refractivity contribution < 1.29 is 4.79 Å². The molecule has 0 fully saturated rings. The molecule has 0 amide bonds. The number of rotatable bonds is 7. The maximum Gasteiger partial charge on any atom is 0.234 e. The Morgan fingerprint density at radius 2 is 1.67 bits per heavy atom. The van der Waals surface area contributed by atoms with Crippen LogP contribution in [0.15, 0.2) is 4.99 Å². The molecule has 0 unspecified atom stereocenters. The number of carbonyl (C=O) groups excluding carboxylic acids is 1. The van der Waals surface area contributed by atoms with Gasteiger partial charge in [0.15, 0.2) is 0 Å². The Hall–Kier alpha value is 0.380. The summed E-state index contributed by atoms with van der Waals surface area (Å²) in [5.41, 5.74) is 0. The van der Waals surface area contributed by atoms with Crippen molar-refractivity contribution in [3.63, 3.8) is 0 Å². The average molecular weight is 178 g/mol. The summed E-state index contributed by atoms with van der Waals surface area (Å²) in [5, 5.41) is 0. The second-order valence-corrected chi connectivity index (χ2v) is 2.74. The first-order valence-corrected chi connectivity index (χ1v) is 4.45. The van der Waals surface area contributed by atoms with Gasteiger partial charge in [-0.05, 0) is 6.42 Å². The number of isocyanates is 1. The molecule has 1 radical (unpaired) electrons. The van der Waals surface area contributed by atoms with Gasteiger partial charge in [0.1, 0.15) is 0 Å². The average Bonchev–Trinajstić information content (AvgIpc) is 2.03. The van der Waals surface area contributed by atoms with Gasteiger partial charge in [-0.3, -0.25) is 0 Å². The second kappa shape index (κ2) is 13.9. The van der Waals surface area contributed by atoms with Crippen LogP contribution in [0.25, 0.3) is 0 Å². The van der Waals surface area contributed by atoms with Crippen LogP contribution < -0.4 is 0 Å². The van der Waals surface area contributed by atoms with Crippen molar-refractivity contribution in [2.45, 2.75) is 45.4 Å². The van der Waals surface area contributed by atoms with Crippen LogP contribution in [0.3, 0.4) is 0 Å². The van der Waals surface area contributed by atoms with Gasteiger partial charge in [-0.25, -0.2) is 9.79 Å². The summed E-state index contributed by atoms with van der Waals surface area (Å²) < 4.78 is 0. The fourth-order valence-electron chi connectivity index (χ4n) is 1.02. The van der Waals surface area contributed by atoms with Crippen LogP contribution in [0, 0.1) is 0 Å². The van der Waals surface area contributed by atoms with Crippen molar-refractivity contribution in [2.75, 3.05) is 6.54 Å². The molecular formula is C9H17NNaO. The van der Waals surface area contributed by atoms with Crippen molar-refractivity contribution in [1.82, 2.24) is 0 Å². The Balaban J connectivity index is 0. The molecule has 0 saturated carbocycles. The number of hydrogen-bond acceptors (Lipinski definition) is 2. The topological polar surface area (TPSA) is 29.4 Å². The summed E-state index contributed by atoms with van der Waals surface area (Å²) in [5.74, 6) is 0. The second-order valence-electron chi connectivity index (χ2n) is 2.74. The van der Waals surface area contributed by atoms with Gasteiger partial charge in [0.25, 0.3) is 0 Å².